The first kappa shape index (κ1) is 19.2. The quantitative estimate of drug-likeness (QED) is 0.652. The maximum absolute atomic E-state index is 12.8. The summed E-state index contributed by atoms with van der Waals surface area (Å²) in [4.78, 5) is 37.7. The fourth-order valence-corrected chi connectivity index (χ4v) is 2.66. The van der Waals surface area contributed by atoms with Crippen LogP contribution in [0.1, 0.15) is 42.6 Å². The van der Waals surface area contributed by atoms with E-state index in [1.54, 1.807) is 31.2 Å². The number of carboxylic acids is 1. The molecule has 2 aromatic carbocycles. The first-order valence-corrected chi connectivity index (χ1v) is 8.30. The Morgan fingerprint density at radius 1 is 1.00 bits per heavy atom. The summed E-state index contributed by atoms with van der Waals surface area (Å²) in [5.74, 6) is -3.11. The number of carboxylic acid groups (broad SMARTS) is 1. The Kier molecular flexibility index (Phi) is 6.11. The monoisotopic (exact) mass is 355 g/mol. The Morgan fingerprint density at radius 3 is 2.15 bits per heavy atom. The van der Waals surface area contributed by atoms with Crippen molar-refractivity contribution in [3.8, 4) is 0 Å². The van der Waals surface area contributed by atoms with Gasteiger partial charge in [0.1, 0.15) is 0 Å². The predicted molar refractivity (Wildman–Crippen MR) is 97.7 cm³/mol. The second-order valence-corrected chi connectivity index (χ2v) is 5.90. The van der Waals surface area contributed by atoms with Crippen LogP contribution in [0.25, 0.3) is 0 Å². The number of hydrogen-bond donors (Lipinski definition) is 1. The summed E-state index contributed by atoms with van der Waals surface area (Å²) in [6.45, 7) is 5.55. The number of carbonyl (C=O) groups excluding carboxylic acids is 2. The zero-order valence-corrected chi connectivity index (χ0v) is 14.9. The smallest absolute Gasteiger partial charge is 0.397 e. The van der Waals surface area contributed by atoms with Crippen LogP contribution in [0.2, 0.25) is 0 Å². The van der Waals surface area contributed by atoms with Crippen LogP contribution in [0.3, 0.4) is 0 Å². The number of benzene rings is 2. The fraction of sp³-hybridized carbons (Fsp3) is 0.250. The molecule has 0 aromatic heterocycles. The highest BCUT2D eigenvalue weighted by Gasteiger charge is 2.30. The molecule has 136 valence electrons. The Bertz CT molecular complexity index is 828. The maximum Gasteiger partial charge on any atom is 0.397 e. The van der Waals surface area contributed by atoms with E-state index >= 15 is 0 Å². The van der Waals surface area contributed by atoms with Crippen molar-refractivity contribution in [1.29, 1.82) is 0 Å². The van der Waals surface area contributed by atoms with Gasteiger partial charge in [-0.05, 0) is 36.6 Å². The van der Waals surface area contributed by atoms with Gasteiger partial charge in [0.25, 0.3) is 0 Å². The average molecular weight is 355 g/mol. The van der Waals surface area contributed by atoms with Crippen molar-refractivity contribution in [2.45, 2.75) is 26.7 Å². The van der Waals surface area contributed by atoms with Crippen molar-refractivity contribution >= 4 is 29.2 Å². The van der Waals surface area contributed by atoms with Crippen LogP contribution in [-0.4, -0.2) is 29.6 Å². The standard InChI is InChI=1S/C20H21NO5/c1-4-26-20(25)18(22)21(16-11-7-5-9-14(16)13(2)3)17-12-8-6-10-15(17)19(23)24/h5-13H,4H2,1-3H3,(H,23,24). The van der Waals surface area contributed by atoms with E-state index in [1.807, 2.05) is 26.0 Å². The average Bonchev–Trinajstić information content (AvgIpc) is 2.62. The van der Waals surface area contributed by atoms with Gasteiger partial charge in [-0.3, -0.25) is 9.69 Å². The lowest BCUT2D eigenvalue weighted by Crippen LogP contribution is -2.35. The first-order chi connectivity index (χ1) is 12.4. The van der Waals surface area contributed by atoms with E-state index in [1.165, 1.54) is 12.1 Å². The summed E-state index contributed by atoms with van der Waals surface area (Å²) in [6, 6.07) is 13.2. The van der Waals surface area contributed by atoms with Gasteiger partial charge in [-0.15, -0.1) is 0 Å². The van der Waals surface area contributed by atoms with Crippen molar-refractivity contribution in [2.75, 3.05) is 11.5 Å². The number of para-hydroxylation sites is 2. The first-order valence-electron chi connectivity index (χ1n) is 8.30. The molecule has 0 aliphatic carbocycles. The molecule has 0 heterocycles. The molecule has 0 saturated carbocycles. The van der Waals surface area contributed by atoms with Crippen LogP contribution in [-0.2, 0) is 14.3 Å². The number of hydrogen-bond acceptors (Lipinski definition) is 4. The van der Waals surface area contributed by atoms with Crippen LogP contribution in [0.15, 0.2) is 48.5 Å². The van der Waals surface area contributed by atoms with Crippen molar-refractivity contribution in [3.05, 3.63) is 59.7 Å². The van der Waals surface area contributed by atoms with Gasteiger partial charge >= 0.3 is 17.8 Å². The Hall–Kier alpha value is -3.15. The van der Waals surface area contributed by atoms with E-state index in [0.29, 0.717) is 5.69 Å². The van der Waals surface area contributed by atoms with Gasteiger partial charge in [0.05, 0.1) is 23.5 Å². The van der Waals surface area contributed by atoms with Gasteiger partial charge in [0, 0.05) is 0 Å². The largest absolute Gasteiger partial charge is 0.478 e. The van der Waals surface area contributed by atoms with Gasteiger partial charge in [0.2, 0.25) is 0 Å². The van der Waals surface area contributed by atoms with E-state index in [9.17, 15) is 19.5 Å². The topological polar surface area (TPSA) is 83.9 Å². The van der Waals surface area contributed by atoms with Crippen molar-refractivity contribution in [2.24, 2.45) is 0 Å². The molecule has 0 spiro atoms. The summed E-state index contributed by atoms with van der Waals surface area (Å²) in [5.41, 5.74) is 1.30. The summed E-state index contributed by atoms with van der Waals surface area (Å²) in [7, 11) is 0. The fourth-order valence-electron chi connectivity index (χ4n) is 2.66. The molecule has 0 aliphatic heterocycles. The second-order valence-electron chi connectivity index (χ2n) is 5.90. The van der Waals surface area contributed by atoms with Crippen molar-refractivity contribution < 1.29 is 24.2 Å². The molecule has 0 atom stereocenters. The molecule has 0 aliphatic rings. The molecule has 0 fully saturated rings. The van der Waals surface area contributed by atoms with Crippen LogP contribution in [0.5, 0.6) is 0 Å². The third-order valence-electron chi connectivity index (χ3n) is 3.83. The van der Waals surface area contributed by atoms with Gasteiger partial charge in [-0.1, -0.05) is 44.2 Å². The number of esters is 1. The minimum absolute atomic E-state index is 0.0464. The number of rotatable bonds is 5. The van der Waals surface area contributed by atoms with Gasteiger partial charge in [-0.25, -0.2) is 9.59 Å². The molecule has 6 nitrogen and oxygen atoms in total. The van der Waals surface area contributed by atoms with Crippen LogP contribution in [0, 0.1) is 0 Å². The number of amides is 1. The Balaban J connectivity index is 2.71. The summed E-state index contributed by atoms with van der Waals surface area (Å²) >= 11 is 0. The Labute approximate surface area is 152 Å². The molecule has 2 rings (SSSR count). The minimum atomic E-state index is -1.19. The highest BCUT2D eigenvalue weighted by atomic mass is 16.5. The minimum Gasteiger partial charge on any atom is -0.478 e. The lowest BCUT2D eigenvalue weighted by Gasteiger charge is -2.26. The molecule has 0 saturated heterocycles. The van der Waals surface area contributed by atoms with E-state index in [2.05, 4.69) is 0 Å². The van der Waals surface area contributed by atoms with E-state index in [4.69, 9.17) is 4.74 Å². The lowest BCUT2D eigenvalue weighted by atomic mass is 9.99. The van der Waals surface area contributed by atoms with Crippen LogP contribution in [0.4, 0.5) is 11.4 Å². The lowest BCUT2D eigenvalue weighted by molar-refractivity contribution is -0.152. The molecule has 0 unspecified atom stereocenters. The zero-order valence-electron chi connectivity index (χ0n) is 14.9. The maximum atomic E-state index is 12.8. The third-order valence-corrected chi connectivity index (χ3v) is 3.83. The highest BCUT2D eigenvalue weighted by molar-refractivity contribution is 6.40. The van der Waals surface area contributed by atoms with E-state index in [-0.39, 0.29) is 23.8 Å². The van der Waals surface area contributed by atoms with Gasteiger partial charge in [-0.2, -0.15) is 0 Å². The van der Waals surface area contributed by atoms with Gasteiger partial charge < -0.3 is 9.84 Å². The molecular formula is C20H21NO5. The van der Waals surface area contributed by atoms with E-state index < -0.39 is 17.8 Å². The number of nitrogens with zero attached hydrogens (tertiary/aromatic N) is 1. The predicted octanol–water partition coefficient (Wildman–Crippen LogP) is 3.74. The summed E-state index contributed by atoms with van der Waals surface area (Å²) < 4.78 is 4.85. The van der Waals surface area contributed by atoms with Crippen LogP contribution >= 0.6 is 0 Å². The number of carbonyl (C=O) groups is 3. The molecule has 0 radical (unpaired) electrons. The van der Waals surface area contributed by atoms with Crippen molar-refractivity contribution in [3.63, 3.8) is 0 Å². The summed E-state index contributed by atoms with van der Waals surface area (Å²) in [6.07, 6.45) is 0. The molecule has 1 amide bonds. The molecule has 0 bridgehead atoms. The van der Waals surface area contributed by atoms with Gasteiger partial charge in [0.15, 0.2) is 0 Å². The number of anilines is 2. The number of ether oxygens (including phenoxy) is 1. The molecule has 1 N–H and O–H groups in total. The Morgan fingerprint density at radius 2 is 1.58 bits per heavy atom. The van der Waals surface area contributed by atoms with E-state index in [0.717, 1.165) is 10.5 Å². The van der Waals surface area contributed by atoms with Crippen LogP contribution < -0.4 is 4.90 Å². The molecule has 26 heavy (non-hydrogen) atoms. The SMILES string of the molecule is CCOC(=O)C(=O)N(c1ccccc1C(=O)O)c1ccccc1C(C)C. The molecule has 6 heteroatoms. The number of aromatic carboxylic acids is 1. The normalized spacial score (nSPS) is 10.5. The molecular weight excluding hydrogens is 334 g/mol. The third kappa shape index (κ3) is 3.91. The summed E-state index contributed by atoms with van der Waals surface area (Å²) in [5, 5.41) is 9.51. The second kappa shape index (κ2) is 8.29. The molecule has 2 aromatic rings. The zero-order chi connectivity index (χ0) is 19.3. The van der Waals surface area contributed by atoms with Crippen molar-refractivity contribution in [1.82, 2.24) is 0 Å². The highest BCUT2D eigenvalue weighted by Crippen LogP contribution is 2.35.